The van der Waals surface area contributed by atoms with E-state index in [2.05, 4.69) is 369 Å². The fourth-order valence-corrected chi connectivity index (χ4v) is 18.8. The lowest BCUT2D eigenvalue weighted by Gasteiger charge is -2.30. The number of para-hydroxylation sites is 12. The van der Waals surface area contributed by atoms with Crippen molar-refractivity contribution in [2.24, 2.45) is 0 Å². The van der Waals surface area contributed by atoms with Crippen LogP contribution >= 0.6 is 0 Å². The molecule has 0 saturated carbocycles. The Labute approximate surface area is 634 Å². The molecule has 7 aromatic heterocycles. The first kappa shape index (κ1) is 61.0. The van der Waals surface area contributed by atoms with E-state index in [-0.39, 0.29) is 0 Å². The second-order valence-corrected chi connectivity index (χ2v) is 29.2. The lowest BCUT2D eigenvalue weighted by molar-refractivity contribution is 0.669. The summed E-state index contributed by atoms with van der Waals surface area (Å²) < 4.78 is 25.8. The third-order valence-electron chi connectivity index (χ3n) is 23.5. The molecule has 0 aliphatic carbocycles. The molecule has 0 unspecified atom stereocenters. The van der Waals surface area contributed by atoms with Crippen LogP contribution in [-0.4, -0.2) is 22.8 Å². The maximum atomic E-state index is 13.6. The van der Waals surface area contributed by atoms with Crippen LogP contribution in [0.2, 0.25) is 0 Å². The lowest BCUT2D eigenvalue weighted by Crippen LogP contribution is -2.18. The average molecular weight is 1410 g/mol. The maximum Gasteiger partial charge on any atom is 0.143 e. The van der Waals surface area contributed by atoms with Crippen molar-refractivity contribution in [1.29, 1.82) is 5.26 Å². The van der Waals surface area contributed by atoms with Crippen LogP contribution in [0.4, 0.5) is 0 Å². The molecule has 0 radical (unpaired) electrons. The molecule has 8 heteroatoms. The summed E-state index contributed by atoms with van der Waals surface area (Å²) in [5, 5.41) is 28.7. The third-order valence-corrected chi connectivity index (χ3v) is 23.5. The summed E-state index contributed by atoms with van der Waals surface area (Å²) in [6.07, 6.45) is 0. The lowest BCUT2D eigenvalue weighted by atomic mass is 9.97. The fraction of sp³-hybridized carbons (Fsp3) is 0. The minimum atomic E-state index is 0.486. The van der Waals surface area contributed by atoms with E-state index < -0.39 is 0 Å². The number of benzene rings is 17. The Morgan fingerprint density at radius 2 is 0.432 bits per heavy atom. The quantitative estimate of drug-likeness (QED) is 0.145. The van der Waals surface area contributed by atoms with E-state index in [4.69, 9.17) is 8.83 Å². The van der Waals surface area contributed by atoms with Crippen LogP contribution in [-0.2, 0) is 0 Å². The van der Waals surface area contributed by atoms with Gasteiger partial charge in [-0.25, -0.2) is 0 Å². The van der Waals surface area contributed by atoms with Gasteiger partial charge in [0.15, 0.2) is 0 Å². The Morgan fingerprint density at radius 1 is 0.189 bits per heavy atom. The van der Waals surface area contributed by atoms with E-state index in [1.54, 1.807) is 0 Å². The number of fused-ring (bicyclic) bond motifs is 21. The van der Waals surface area contributed by atoms with Gasteiger partial charge in [0.2, 0.25) is 0 Å². The van der Waals surface area contributed by atoms with Gasteiger partial charge in [0.25, 0.3) is 0 Å². The smallest absolute Gasteiger partial charge is 0.143 e. The van der Waals surface area contributed by atoms with Crippen LogP contribution in [0.25, 0.3) is 226 Å². The first-order valence-electron chi connectivity index (χ1n) is 37.8. The SMILES string of the molecule is N#Cc1c(-n2c3ccccc3c3ccccc32)c(-n2c3ccccc3c3cc(-c4cccc(-c5cccc6c5oc5ccccc56)c4)ccc32)c(-n2c3ccccc3c3ccccc32)c(-n2c3ccccc3c3cc(-c4cccc(-c5cccc6c5oc5ccccc56)c4)ccc32)c1-n1c2ccccc2c2ccccc21. The molecule has 0 aliphatic rings. The molecule has 24 rings (SSSR count). The Hall–Kier alpha value is -15.2. The van der Waals surface area contributed by atoms with E-state index in [0.717, 1.165) is 226 Å². The Morgan fingerprint density at radius 3 is 0.766 bits per heavy atom. The van der Waals surface area contributed by atoms with Crippen LogP contribution in [0.1, 0.15) is 5.56 Å². The number of nitriles is 1. The first-order chi connectivity index (χ1) is 55.1. The van der Waals surface area contributed by atoms with E-state index in [1.165, 1.54) is 0 Å². The van der Waals surface area contributed by atoms with Gasteiger partial charge in [0.1, 0.15) is 34.0 Å². The van der Waals surface area contributed by atoms with Crippen molar-refractivity contribution in [3.8, 4) is 79.0 Å². The summed E-state index contributed by atoms with van der Waals surface area (Å²) >= 11 is 0. The zero-order valence-corrected chi connectivity index (χ0v) is 59.6. The summed E-state index contributed by atoms with van der Waals surface area (Å²) in [6.45, 7) is 0. The number of rotatable bonds is 9. The predicted molar refractivity (Wildman–Crippen MR) is 459 cm³/mol. The fourth-order valence-electron chi connectivity index (χ4n) is 18.8. The summed E-state index contributed by atoms with van der Waals surface area (Å²) in [6, 6.07) is 135. The molecule has 0 bridgehead atoms. The second kappa shape index (κ2) is 23.4. The monoisotopic (exact) mass is 1410 g/mol. The molecule has 0 N–H and O–H groups in total. The third kappa shape index (κ3) is 8.68. The molecule has 0 saturated heterocycles. The summed E-state index contributed by atoms with van der Waals surface area (Å²) in [5.41, 5.74) is 26.2. The van der Waals surface area contributed by atoms with Crippen molar-refractivity contribution >= 4 is 153 Å². The molecule has 7 heterocycles. The Balaban J connectivity index is 0.872. The van der Waals surface area contributed by atoms with Gasteiger partial charge in [0, 0.05) is 86.5 Å². The topological polar surface area (TPSA) is 74.7 Å². The highest BCUT2D eigenvalue weighted by Gasteiger charge is 2.37. The van der Waals surface area contributed by atoms with Crippen LogP contribution in [0.5, 0.6) is 0 Å². The van der Waals surface area contributed by atoms with Crippen molar-refractivity contribution in [2.75, 3.05) is 0 Å². The van der Waals surface area contributed by atoms with Gasteiger partial charge < -0.3 is 31.7 Å². The van der Waals surface area contributed by atoms with Gasteiger partial charge in [-0.15, -0.1) is 0 Å². The molecule has 0 spiro atoms. The maximum absolute atomic E-state index is 13.6. The van der Waals surface area contributed by atoms with Gasteiger partial charge >= 0.3 is 0 Å². The number of nitrogens with zero attached hydrogens (tertiary/aromatic N) is 6. The van der Waals surface area contributed by atoms with Gasteiger partial charge in [-0.2, -0.15) is 5.26 Å². The molecule has 24 aromatic rings. The molecule has 514 valence electrons. The normalized spacial score (nSPS) is 12.1. The molecule has 0 atom stereocenters. The molecule has 111 heavy (non-hydrogen) atoms. The van der Waals surface area contributed by atoms with Gasteiger partial charge in [0.05, 0.1) is 83.6 Å². The largest absolute Gasteiger partial charge is 0.455 e. The number of aromatic nitrogens is 5. The number of hydrogen-bond acceptors (Lipinski definition) is 3. The van der Waals surface area contributed by atoms with Crippen LogP contribution in [0.3, 0.4) is 0 Å². The highest BCUT2D eigenvalue weighted by atomic mass is 16.3. The molecule has 8 nitrogen and oxygen atoms in total. The van der Waals surface area contributed by atoms with Crippen molar-refractivity contribution in [3.63, 3.8) is 0 Å². The van der Waals surface area contributed by atoms with Crippen molar-refractivity contribution < 1.29 is 8.83 Å². The zero-order valence-electron chi connectivity index (χ0n) is 59.6. The Bertz CT molecular complexity index is 7620. The number of furan rings is 2. The van der Waals surface area contributed by atoms with Gasteiger partial charge in [-0.1, -0.05) is 267 Å². The minimum absolute atomic E-state index is 0.486. The van der Waals surface area contributed by atoms with Crippen LogP contribution in [0, 0.1) is 11.3 Å². The molecular formula is C103H60N6O2. The van der Waals surface area contributed by atoms with E-state index >= 15 is 0 Å². The van der Waals surface area contributed by atoms with Crippen molar-refractivity contribution in [3.05, 3.63) is 370 Å². The highest BCUT2D eigenvalue weighted by Crippen LogP contribution is 2.53. The summed E-state index contributed by atoms with van der Waals surface area (Å²) in [5.74, 6) is 0. The highest BCUT2D eigenvalue weighted by molar-refractivity contribution is 6.20. The average Bonchev–Trinajstić information content (AvgIpc) is 1.55. The van der Waals surface area contributed by atoms with E-state index in [0.29, 0.717) is 5.56 Å². The molecule has 0 amide bonds. The van der Waals surface area contributed by atoms with Crippen LogP contribution in [0.15, 0.2) is 373 Å². The van der Waals surface area contributed by atoms with Crippen molar-refractivity contribution in [2.45, 2.75) is 0 Å². The number of hydrogen-bond donors (Lipinski definition) is 0. The second-order valence-electron chi connectivity index (χ2n) is 29.2. The standard InChI is InChI=1S/C103H60N6O2/c104-61-84-97(105-85-43-11-1-29-70(85)71-30-2-12-44-86(71)105)99(108-91-49-17-7-35-76(91)82-59-64(53-55-93(82)108)62-25-21-27-66(57-62)68-39-23-41-80-78-37-9-19-51-95(78)110-102(68)80)101(107-89-47-15-5-33-74(89)75-34-6-16-48-90(75)107)100(98(84)106-87-45-13-3-31-72(87)73-32-4-14-46-88(73)106)109-92-50-18-8-36-77(92)83-60-65(54-56-94(83)109)63-26-22-28-67(58-63)69-40-24-42-81-79-38-10-20-52-96(79)111-103(69)81/h1-60H. The van der Waals surface area contributed by atoms with Gasteiger partial charge in [-0.3, -0.25) is 0 Å². The zero-order chi connectivity index (χ0) is 72.7. The first-order valence-corrected chi connectivity index (χ1v) is 37.8. The molecular weight excluding hydrogens is 1350 g/mol. The molecule has 0 fully saturated rings. The van der Waals surface area contributed by atoms with E-state index in [9.17, 15) is 5.26 Å². The summed E-state index contributed by atoms with van der Waals surface area (Å²) in [7, 11) is 0. The van der Waals surface area contributed by atoms with Crippen LogP contribution < -0.4 is 0 Å². The summed E-state index contributed by atoms with van der Waals surface area (Å²) in [4.78, 5) is 0. The van der Waals surface area contributed by atoms with Gasteiger partial charge in [-0.05, 0) is 130 Å². The molecule has 0 aliphatic heterocycles. The molecule has 17 aromatic carbocycles. The van der Waals surface area contributed by atoms with Crippen molar-refractivity contribution in [1.82, 2.24) is 22.8 Å². The Kier molecular flexibility index (Phi) is 12.9. The van der Waals surface area contributed by atoms with E-state index in [1.807, 2.05) is 24.3 Å². The minimum Gasteiger partial charge on any atom is -0.455 e. The predicted octanol–water partition coefficient (Wildman–Crippen LogP) is 27.5.